The summed E-state index contributed by atoms with van der Waals surface area (Å²) in [5, 5.41) is 2.83. The Kier molecular flexibility index (Phi) is 8.35. The van der Waals surface area contributed by atoms with Gasteiger partial charge in [0.15, 0.2) is 0 Å². The van der Waals surface area contributed by atoms with E-state index >= 15 is 0 Å². The van der Waals surface area contributed by atoms with Crippen LogP contribution >= 0.6 is 39.3 Å². The van der Waals surface area contributed by atoms with E-state index in [1.807, 2.05) is 12.1 Å². The minimum atomic E-state index is -0.519. The maximum atomic E-state index is 12.8. The highest BCUT2D eigenvalue weighted by atomic mass is 79.9. The Morgan fingerprint density at radius 1 is 1.08 bits per heavy atom. The molecule has 0 radical (unpaired) electrons. The van der Waals surface area contributed by atoms with Crippen LogP contribution in [-0.2, 0) is 16.2 Å². The van der Waals surface area contributed by atoms with Crippen molar-refractivity contribution in [2.24, 2.45) is 0 Å². The Morgan fingerprint density at radius 3 is 2.47 bits per heavy atom. The van der Waals surface area contributed by atoms with Gasteiger partial charge in [-0.25, -0.2) is 0 Å². The normalized spacial score (nSPS) is 14.3. The van der Waals surface area contributed by atoms with Gasteiger partial charge >= 0.3 is 0 Å². The molecule has 0 aromatic heterocycles. The first-order chi connectivity index (χ1) is 17.3. The van der Waals surface area contributed by atoms with Crippen LogP contribution in [0, 0.1) is 0 Å². The molecule has 0 atom stereocenters. The average molecular weight is 588 g/mol. The number of rotatable bonds is 8. The summed E-state index contributed by atoms with van der Waals surface area (Å²) < 4.78 is 11.6. The lowest BCUT2D eigenvalue weighted by atomic mass is 10.2. The number of ether oxygens (including phenoxy) is 2. The summed E-state index contributed by atoms with van der Waals surface area (Å²) in [6.45, 7) is -0.0121. The molecule has 4 rings (SSSR count). The molecule has 1 fully saturated rings. The van der Waals surface area contributed by atoms with Crippen LogP contribution in [0.4, 0.5) is 10.5 Å². The maximum Gasteiger partial charge on any atom is 0.294 e. The first-order valence-electron chi connectivity index (χ1n) is 10.7. The molecule has 0 saturated carbocycles. The standard InChI is InChI=1S/C26H20BrClN2O5S/c1-34-20-9-7-19(8-10-20)29-24(31)14-30-25(32)23(36-26(30)33)13-17-4-11-22(21(27)12-17)35-15-16-2-5-18(28)6-3-16/h2-13H,14-15H2,1H3,(H,29,31)/b23-13+. The second kappa shape index (κ2) is 11.6. The van der Waals surface area contributed by atoms with Crippen LogP contribution in [0.3, 0.4) is 0 Å². The van der Waals surface area contributed by atoms with Crippen molar-refractivity contribution in [3.05, 3.63) is 92.3 Å². The maximum absolute atomic E-state index is 12.8. The fourth-order valence-electron chi connectivity index (χ4n) is 3.27. The van der Waals surface area contributed by atoms with E-state index in [-0.39, 0.29) is 11.4 Å². The van der Waals surface area contributed by atoms with Crippen LogP contribution in [0.25, 0.3) is 6.08 Å². The number of nitrogens with zero attached hydrogens (tertiary/aromatic N) is 1. The summed E-state index contributed by atoms with van der Waals surface area (Å²) in [5.74, 6) is 0.282. The minimum Gasteiger partial charge on any atom is -0.497 e. The molecule has 3 aromatic carbocycles. The van der Waals surface area contributed by atoms with Crippen molar-refractivity contribution < 1.29 is 23.9 Å². The molecule has 1 aliphatic heterocycles. The number of nitrogens with one attached hydrogen (secondary N) is 1. The summed E-state index contributed by atoms with van der Waals surface area (Å²) in [5.41, 5.74) is 2.21. The van der Waals surface area contributed by atoms with E-state index in [1.165, 1.54) is 0 Å². The molecular weight excluding hydrogens is 568 g/mol. The number of hydrogen-bond donors (Lipinski definition) is 1. The zero-order valence-corrected chi connectivity index (χ0v) is 22.2. The second-order valence-electron chi connectivity index (χ2n) is 7.65. The lowest BCUT2D eigenvalue weighted by Gasteiger charge is -2.12. The molecule has 184 valence electrons. The summed E-state index contributed by atoms with van der Waals surface area (Å²) >= 11 is 10.2. The Labute approximate surface area is 225 Å². The molecular formula is C26H20BrClN2O5S. The fourth-order valence-corrected chi connectivity index (χ4v) is 4.75. The van der Waals surface area contributed by atoms with Crippen molar-refractivity contribution >= 4 is 68.1 Å². The quantitative estimate of drug-likeness (QED) is 0.309. The topological polar surface area (TPSA) is 84.9 Å². The number of carbonyl (C=O) groups excluding carboxylic acids is 3. The van der Waals surface area contributed by atoms with Crippen LogP contribution in [0.1, 0.15) is 11.1 Å². The molecule has 3 amide bonds. The molecule has 7 nitrogen and oxygen atoms in total. The number of benzene rings is 3. The van der Waals surface area contributed by atoms with Crippen molar-refractivity contribution in [3.8, 4) is 11.5 Å². The van der Waals surface area contributed by atoms with Crippen molar-refractivity contribution in [1.82, 2.24) is 4.90 Å². The van der Waals surface area contributed by atoms with E-state index < -0.39 is 17.1 Å². The van der Waals surface area contributed by atoms with Gasteiger partial charge in [-0.1, -0.05) is 29.8 Å². The third-order valence-electron chi connectivity index (χ3n) is 5.11. The van der Waals surface area contributed by atoms with Crippen LogP contribution in [0.5, 0.6) is 11.5 Å². The van der Waals surface area contributed by atoms with Gasteiger partial charge in [-0.05, 0) is 93.4 Å². The monoisotopic (exact) mass is 586 g/mol. The van der Waals surface area contributed by atoms with Gasteiger partial charge in [0, 0.05) is 10.7 Å². The van der Waals surface area contributed by atoms with Gasteiger partial charge in [-0.15, -0.1) is 0 Å². The SMILES string of the molecule is COc1ccc(NC(=O)CN2C(=O)S/C(=C/c3ccc(OCc4ccc(Cl)cc4)c(Br)c3)C2=O)cc1. The number of anilines is 1. The van der Waals surface area contributed by atoms with E-state index in [4.69, 9.17) is 21.1 Å². The van der Waals surface area contributed by atoms with Crippen LogP contribution < -0.4 is 14.8 Å². The largest absolute Gasteiger partial charge is 0.497 e. The molecule has 1 saturated heterocycles. The smallest absolute Gasteiger partial charge is 0.294 e. The van der Waals surface area contributed by atoms with Crippen molar-refractivity contribution in [3.63, 3.8) is 0 Å². The van der Waals surface area contributed by atoms with Gasteiger partial charge in [0.2, 0.25) is 5.91 Å². The predicted molar refractivity (Wildman–Crippen MR) is 144 cm³/mol. The van der Waals surface area contributed by atoms with Crippen LogP contribution in [0.15, 0.2) is 76.1 Å². The molecule has 0 aliphatic carbocycles. The number of halogens is 2. The van der Waals surface area contributed by atoms with Crippen LogP contribution in [0.2, 0.25) is 5.02 Å². The van der Waals surface area contributed by atoms with Crippen LogP contribution in [-0.4, -0.2) is 35.6 Å². The van der Waals surface area contributed by atoms with Crippen molar-refractivity contribution in [2.75, 3.05) is 19.0 Å². The molecule has 1 heterocycles. The average Bonchev–Trinajstić information content (AvgIpc) is 3.12. The molecule has 1 aliphatic rings. The fraction of sp³-hybridized carbons (Fsp3) is 0.115. The molecule has 1 N–H and O–H groups in total. The predicted octanol–water partition coefficient (Wildman–Crippen LogP) is 6.37. The second-order valence-corrected chi connectivity index (χ2v) is 9.93. The summed E-state index contributed by atoms with van der Waals surface area (Å²) in [4.78, 5) is 38.8. The molecule has 3 aromatic rings. The van der Waals surface area contributed by atoms with Gasteiger partial charge in [0.05, 0.1) is 16.5 Å². The Balaban J connectivity index is 1.38. The Hall–Kier alpha value is -3.27. The first kappa shape index (κ1) is 25.8. The van der Waals surface area contributed by atoms with E-state index in [0.29, 0.717) is 38.9 Å². The van der Waals surface area contributed by atoms with Crippen molar-refractivity contribution in [2.45, 2.75) is 6.61 Å². The van der Waals surface area contributed by atoms with Gasteiger partial charge in [0.25, 0.3) is 11.1 Å². The zero-order valence-electron chi connectivity index (χ0n) is 19.0. The molecule has 10 heteroatoms. The Morgan fingerprint density at radius 2 is 1.81 bits per heavy atom. The molecule has 36 heavy (non-hydrogen) atoms. The lowest BCUT2D eigenvalue weighted by Crippen LogP contribution is -2.36. The summed E-state index contributed by atoms with van der Waals surface area (Å²) in [6, 6.07) is 19.5. The Bertz CT molecular complexity index is 1330. The number of imide groups is 1. The molecule has 0 unspecified atom stereocenters. The van der Waals surface area contributed by atoms with Gasteiger partial charge < -0.3 is 14.8 Å². The highest BCUT2D eigenvalue weighted by molar-refractivity contribution is 9.10. The van der Waals surface area contributed by atoms with E-state index in [0.717, 1.165) is 22.2 Å². The van der Waals surface area contributed by atoms with Gasteiger partial charge in [0.1, 0.15) is 24.7 Å². The third kappa shape index (κ3) is 6.48. The van der Waals surface area contributed by atoms with E-state index in [2.05, 4.69) is 21.2 Å². The highest BCUT2D eigenvalue weighted by Gasteiger charge is 2.36. The van der Waals surface area contributed by atoms with Gasteiger partial charge in [-0.3, -0.25) is 19.3 Å². The lowest BCUT2D eigenvalue weighted by molar-refractivity contribution is -0.127. The third-order valence-corrected chi connectivity index (χ3v) is 6.89. The number of thioether (sulfide) groups is 1. The number of methoxy groups -OCH3 is 1. The molecule has 0 bridgehead atoms. The number of amides is 3. The number of hydrogen-bond acceptors (Lipinski definition) is 6. The minimum absolute atomic E-state index is 0.235. The summed E-state index contributed by atoms with van der Waals surface area (Å²) in [6.07, 6.45) is 1.61. The van der Waals surface area contributed by atoms with E-state index in [9.17, 15) is 14.4 Å². The van der Waals surface area contributed by atoms with Gasteiger partial charge in [-0.2, -0.15) is 0 Å². The zero-order chi connectivity index (χ0) is 25.7. The highest BCUT2D eigenvalue weighted by Crippen LogP contribution is 2.34. The first-order valence-corrected chi connectivity index (χ1v) is 12.7. The van der Waals surface area contributed by atoms with E-state index in [1.54, 1.807) is 67.8 Å². The summed E-state index contributed by atoms with van der Waals surface area (Å²) in [7, 11) is 1.55. The van der Waals surface area contributed by atoms with Crippen molar-refractivity contribution in [1.29, 1.82) is 0 Å². The molecule has 0 spiro atoms. The number of carbonyl (C=O) groups is 3.